The van der Waals surface area contributed by atoms with Gasteiger partial charge in [-0.2, -0.15) is 5.10 Å². The van der Waals surface area contributed by atoms with Gasteiger partial charge in [-0.1, -0.05) is 26.7 Å². The average molecular weight is 264 g/mol. The molecule has 0 spiro atoms. The lowest BCUT2D eigenvalue weighted by molar-refractivity contribution is 0.0152. The highest BCUT2D eigenvalue weighted by atomic mass is 16.3. The zero-order valence-corrected chi connectivity index (χ0v) is 12.6. The molecule has 3 heteroatoms. The third-order valence-corrected chi connectivity index (χ3v) is 4.78. The standard InChI is InChI=1S/C16H28N2O/c1-13(2)15-5-4-8-16(19,10-7-15)9-6-14-11-17-18(3)12-14/h11-13,15,19H,4-10H2,1-3H3. The molecule has 19 heavy (non-hydrogen) atoms. The zero-order chi connectivity index (χ0) is 13.9. The normalized spacial score (nSPS) is 28.6. The van der Waals surface area contributed by atoms with E-state index in [1.54, 1.807) is 0 Å². The van der Waals surface area contributed by atoms with Crippen molar-refractivity contribution in [3.8, 4) is 0 Å². The van der Waals surface area contributed by atoms with Crippen molar-refractivity contribution < 1.29 is 5.11 Å². The minimum Gasteiger partial charge on any atom is -0.390 e. The quantitative estimate of drug-likeness (QED) is 0.847. The molecule has 1 aliphatic rings. The second-order valence-electron chi connectivity index (χ2n) is 6.68. The molecule has 0 amide bonds. The number of hydrogen-bond acceptors (Lipinski definition) is 2. The molecule has 2 atom stereocenters. The fourth-order valence-electron chi connectivity index (χ4n) is 3.31. The summed E-state index contributed by atoms with van der Waals surface area (Å²) in [6, 6.07) is 0. The molecule has 1 saturated carbocycles. The van der Waals surface area contributed by atoms with E-state index in [9.17, 15) is 5.11 Å². The summed E-state index contributed by atoms with van der Waals surface area (Å²) in [5, 5.41) is 15.0. The number of hydrogen-bond donors (Lipinski definition) is 1. The van der Waals surface area contributed by atoms with Crippen LogP contribution in [0, 0.1) is 11.8 Å². The number of aromatic nitrogens is 2. The topological polar surface area (TPSA) is 38.1 Å². The van der Waals surface area contributed by atoms with E-state index in [4.69, 9.17) is 0 Å². The second kappa shape index (κ2) is 6.08. The molecule has 1 aromatic rings. The lowest BCUT2D eigenvalue weighted by Gasteiger charge is -2.27. The van der Waals surface area contributed by atoms with Gasteiger partial charge < -0.3 is 5.11 Å². The maximum atomic E-state index is 10.8. The molecule has 1 aromatic heterocycles. The van der Waals surface area contributed by atoms with E-state index < -0.39 is 5.60 Å². The van der Waals surface area contributed by atoms with Crippen LogP contribution in [0.25, 0.3) is 0 Å². The first-order valence-electron chi connectivity index (χ1n) is 7.68. The Labute approximate surface area is 117 Å². The van der Waals surface area contributed by atoms with Crippen LogP contribution in [-0.2, 0) is 13.5 Å². The highest BCUT2D eigenvalue weighted by Crippen LogP contribution is 2.36. The highest BCUT2D eigenvalue weighted by molar-refractivity contribution is 5.05. The maximum Gasteiger partial charge on any atom is 0.0651 e. The molecular weight excluding hydrogens is 236 g/mol. The summed E-state index contributed by atoms with van der Waals surface area (Å²) < 4.78 is 1.83. The SMILES string of the molecule is CC(C)C1CCCC(O)(CCc2cnn(C)c2)CC1. The molecule has 0 aliphatic heterocycles. The molecule has 2 unspecified atom stereocenters. The van der Waals surface area contributed by atoms with E-state index in [1.165, 1.54) is 24.8 Å². The second-order valence-corrected chi connectivity index (χ2v) is 6.68. The van der Waals surface area contributed by atoms with Crippen molar-refractivity contribution in [2.45, 2.75) is 64.4 Å². The molecule has 0 bridgehead atoms. The van der Waals surface area contributed by atoms with E-state index in [1.807, 2.05) is 17.9 Å². The Morgan fingerprint density at radius 1 is 1.42 bits per heavy atom. The fraction of sp³-hybridized carbons (Fsp3) is 0.812. The van der Waals surface area contributed by atoms with Crippen molar-refractivity contribution in [2.24, 2.45) is 18.9 Å². The molecule has 0 aromatic carbocycles. The third kappa shape index (κ3) is 4.07. The Hall–Kier alpha value is -0.830. The van der Waals surface area contributed by atoms with Gasteiger partial charge in [-0.05, 0) is 49.5 Å². The minimum absolute atomic E-state index is 0.445. The molecule has 2 rings (SSSR count). The van der Waals surface area contributed by atoms with E-state index in [0.29, 0.717) is 0 Å². The lowest BCUT2D eigenvalue weighted by atomic mass is 9.86. The van der Waals surface area contributed by atoms with Gasteiger partial charge in [0.1, 0.15) is 0 Å². The minimum atomic E-state index is -0.445. The van der Waals surface area contributed by atoms with Gasteiger partial charge in [-0.15, -0.1) is 0 Å². The van der Waals surface area contributed by atoms with Crippen LogP contribution in [-0.4, -0.2) is 20.5 Å². The van der Waals surface area contributed by atoms with Gasteiger partial charge in [-0.25, -0.2) is 0 Å². The van der Waals surface area contributed by atoms with Crippen LogP contribution in [0.3, 0.4) is 0 Å². The predicted octanol–water partition coefficient (Wildman–Crippen LogP) is 3.32. The number of aliphatic hydroxyl groups is 1. The van der Waals surface area contributed by atoms with Crippen molar-refractivity contribution in [3.05, 3.63) is 18.0 Å². The van der Waals surface area contributed by atoms with Crippen LogP contribution in [0.15, 0.2) is 12.4 Å². The largest absolute Gasteiger partial charge is 0.390 e. The van der Waals surface area contributed by atoms with Gasteiger partial charge >= 0.3 is 0 Å². The van der Waals surface area contributed by atoms with Gasteiger partial charge in [0.25, 0.3) is 0 Å². The first-order chi connectivity index (χ1) is 8.98. The monoisotopic (exact) mass is 264 g/mol. The summed E-state index contributed by atoms with van der Waals surface area (Å²) in [6.45, 7) is 4.62. The molecule has 3 nitrogen and oxygen atoms in total. The maximum absolute atomic E-state index is 10.8. The van der Waals surface area contributed by atoms with Gasteiger partial charge in [0, 0.05) is 13.2 Å². The Bertz CT molecular complexity index is 399. The van der Waals surface area contributed by atoms with E-state index in [0.717, 1.165) is 37.5 Å². The summed E-state index contributed by atoms with van der Waals surface area (Å²) in [5.74, 6) is 1.55. The van der Waals surface area contributed by atoms with Crippen molar-refractivity contribution in [3.63, 3.8) is 0 Å². The first-order valence-corrected chi connectivity index (χ1v) is 7.68. The Kier molecular flexibility index (Phi) is 4.67. The van der Waals surface area contributed by atoms with Crippen molar-refractivity contribution in [1.29, 1.82) is 0 Å². The predicted molar refractivity (Wildman–Crippen MR) is 77.9 cm³/mol. The van der Waals surface area contributed by atoms with Crippen LogP contribution in [0.5, 0.6) is 0 Å². The van der Waals surface area contributed by atoms with E-state index >= 15 is 0 Å². The average Bonchev–Trinajstić information content (AvgIpc) is 2.66. The van der Waals surface area contributed by atoms with Gasteiger partial charge in [0.2, 0.25) is 0 Å². The molecular formula is C16H28N2O. The van der Waals surface area contributed by atoms with Crippen molar-refractivity contribution in [1.82, 2.24) is 9.78 Å². The lowest BCUT2D eigenvalue weighted by Crippen LogP contribution is -2.28. The smallest absolute Gasteiger partial charge is 0.0651 e. The van der Waals surface area contributed by atoms with Crippen LogP contribution >= 0.6 is 0 Å². The van der Waals surface area contributed by atoms with Crippen LogP contribution < -0.4 is 0 Å². The molecule has 0 saturated heterocycles. The van der Waals surface area contributed by atoms with Crippen LogP contribution in [0.1, 0.15) is 57.9 Å². The van der Waals surface area contributed by atoms with Crippen LogP contribution in [0.2, 0.25) is 0 Å². The molecule has 1 heterocycles. The van der Waals surface area contributed by atoms with Gasteiger partial charge in [0.15, 0.2) is 0 Å². The number of rotatable bonds is 4. The molecule has 108 valence electrons. The molecule has 1 aliphatic carbocycles. The molecule has 0 radical (unpaired) electrons. The summed E-state index contributed by atoms with van der Waals surface area (Å²) in [7, 11) is 1.94. The van der Waals surface area contributed by atoms with E-state index in [-0.39, 0.29) is 0 Å². The Morgan fingerprint density at radius 2 is 2.21 bits per heavy atom. The van der Waals surface area contributed by atoms with Crippen molar-refractivity contribution in [2.75, 3.05) is 0 Å². The van der Waals surface area contributed by atoms with Gasteiger partial charge in [-0.3, -0.25) is 4.68 Å². The fourth-order valence-corrected chi connectivity index (χ4v) is 3.31. The number of aryl methyl sites for hydroxylation is 2. The zero-order valence-electron chi connectivity index (χ0n) is 12.6. The molecule has 1 N–H and O–H groups in total. The third-order valence-electron chi connectivity index (χ3n) is 4.78. The Balaban J connectivity index is 1.88. The summed E-state index contributed by atoms with van der Waals surface area (Å²) in [6.07, 6.45) is 11.4. The van der Waals surface area contributed by atoms with E-state index in [2.05, 4.69) is 25.1 Å². The van der Waals surface area contributed by atoms with Crippen LogP contribution in [0.4, 0.5) is 0 Å². The van der Waals surface area contributed by atoms with Crippen molar-refractivity contribution >= 4 is 0 Å². The first kappa shape index (κ1) is 14.6. The number of nitrogens with zero attached hydrogens (tertiary/aromatic N) is 2. The summed E-state index contributed by atoms with van der Waals surface area (Å²) in [5.41, 5.74) is 0.792. The summed E-state index contributed by atoms with van der Waals surface area (Å²) >= 11 is 0. The molecule has 1 fully saturated rings. The highest BCUT2D eigenvalue weighted by Gasteiger charge is 2.31. The summed E-state index contributed by atoms with van der Waals surface area (Å²) in [4.78, 5) is 0. The van der Waals surface area contributed by atoms with Gasteiger partial charge in [0.05, 0.1) is 11.8 Å². The Morgan fingerprint density at radius 3 is 2.84 bits per heavy atom.